The summed E-state index contributed by atoms with van der Waals surface area (Å²) in [6.07, 6.45) is 8.26. The minimum absolute atomic E-state index is 0.287. The molecule has 0 aromatic carbocycles. The number of hydrogen-bond acceptors (Lipinski definition) is 3. The van der Waals surface area contributed by atoms with E-state index in [-0.39, 0.29) is 6.04 Å². The molecule has 3 rings (SSSR count). The van der Waals surface area contributed by atoms with Gasteiger partial charge in [-0.3, -0.25) is 4.90 Å². The molecule has 3 aliphatic rings. The Labute approximate surface area is 123 Å². The molecule has 2 fully saturated rings. The zero-order chi connectivity index (χ0) is 14.3. The van der Waals surface area contributed by atoms with Crippen molar-refractivity contribution in [2.75, 3.05) is 18.1 Å². The summed E-state index contributed by atoms with van der Waals surface area (Å²) in [6, 6.07) is 0.949. The van der Waals surface area contributed by atoms with Crippen LogP contribution in [0.2, 0.25) is 0 Å². The van der Waals surface area contributed by atoms with Gasteiger partial charge in [0.2, 0.25) is 0 Å². The van der Waals surface area contributed by atoms with Crippen molar-refractivity contribution in [2.24, 2.45) is 11.8 Å². The van der Waals surface area contributed by atoms with E-state index in [9.17, 15) is 8.42 Å². The second-order valence-corrected chi connectivity index (χ2v) is 9.32. The first kappa shape index (κ1) is 14.6. The smallest absolute Gasteiger partial charge is 0.151 e. The molecule has 1 saturated carbocycles. The average Bonchev–Trinajstić information content (AvgIpc) is 3.13. The molecule has 1 heterocycles. The maximum Gasteiger partial charge on any atom is 0.151 e. The first-order valence-electron chi connectivity index (χ1n) is 8.09. The van der Waals surface area contributed by atoms with Crippen molar-refractivity contribution in [2.45, 2.75) is 58.0 Å². The molecule has 0 aromatic rings. The van der Waals surface area contributed by atoms with E-state index in [0.29, 0.717) is 23.5 Å². The van der Waals surface area contributed by atoms with Gasteiger partial charge < -0.3 is 0 Å². The van der Waals surface area contributed by atoms with E-state index in [1.165, 1.54) is 31.3 Å². The molecule has 0 bridgehead atoms. The SMILES string of the molecule is CC1=CCCC(C)C1CN(C1CC1)C1CCS(=O)(=O)C1. The van der Waals surface area contributed by atoms with E-state index in [4.69, 9.17) is 0 Å². The maximum absolute atomic E-state index is 11.8. The molecule has 3 nitrogen and oxygen atoms in total. The summed E-state index contributed by atoms with van der Waals surface area (Å²) in [5, 5.41) is 0. The van der Waals surface area contributed by atoms with Gasteiger partial charge in [0.15, 0.2) is 9.84 Å². The summed E-state index contributed by atoms with van der Waals surface area (Å²) in [6.45, 7) is 5.70. The van der Waals surface area contributed by atoms with Crippen molar-refractivity contribution < 1.29 is 8.42 Å². The summed E-state index contributed by atoms with van der Waals surface area (Å²) in [5.74, 6) is 2.16. The fourth-order valence-electron chi connectivity index (χ4n) is 3.97. The van der Waals surface area contributed by atoms with Crippen molar-refractivity contribution in [3.8, 4) is 0 Å². The molecular formula is C16H27NO2S. The molecule has 0 spiro atoms. The number of nitrogens with zero attached hydrogens (tertiary/aromatic N) is 1. The molecule has 20 heavy (non-hydrogen) atoms. The third kappa shape index (κ3) is 3.11. The molecule has 4 heteroatoms. The summed E-state index contributed by atoms with van der Waals surface area (Å²) in [4.78, 5) is 2.55. The van der Waals surface area contributed by atoms with Crippen molar-refractivity contribution in [3.05, 3.63) is 11.6 Å². The number of rotatable bonds is 4. The van der Waals surface area contributed by atoms with Gasteiger partial charge in [-0.05, 0) is 50.9 Å². The van der Waals surface area contributed by atoms with Gasteiger partial charge in [0.05, 0.1) is 11.5 Å². The highest BCUT2D eigenvalue weighted by Gasteiger charge is 2.41. The van der Waals surface area contributed by atoms with Crippen LogP contribution in [0, 0.1) is 11.8 Å². The van der Waals surface area contributed by atoms with Crippen molar-refractivity contribution in [3.63, 3.8) is 0 Å². The number of sulfone groups is 1. The van der Waals surface area contributed by atoms with Crippen LogP contribution >= 0.6 is 0 Å². The van der Waals surface area contributed by atoms with Gasteiger partial charge in [-0.15, -0.1) is 0 Å². The van der Waals surface area contributed by atoms with E-state index in [1.807, 2.05) is 0 Å². The van der Waals surface area contributed by atoms with Crippen LogP contribution in [0.5, 0.6) is 0 Å². The van der Waals surface area contributed by atoms with Gasteiger partial charge in [0, 0.05) is 18.6 Å². The van der Waals surface area contributed by atoms with Gasteiger partial charge in [0.1, 0.15) is 0 Å². The van der Waals surface area contributed by atoms with Crippen molar-refractivity contribution in [1.29, 1.82) is 0 Å². The normalized spacial score (nSPS) is 37.1. The molecule has 3 atom stereocenters. The van der Waals surface area contributed by atoms with Crippen LogP contribution in [-0.4, -0.2) is 43.5 Å². The molecular weight excluding hydrogens is 270 g/mol. The van der Waals surface area contributed by atoms with E-state index < -0.39 is 9.84 Å². The van der Waals surface area contributed by atoms with Crippen LogP contribution in [0.15, 0.2) is 11.6 Å². The predicted octanol–water partition coefficient (Wildman–Crippen LogP) is 2.63. The Kier molecular flexibility index (Phi) is 3.97. The Balaban J connectivity index is 1.72. The maximum atomic E-state index is 11.8. The highest BCUT2D eigenvalue weighted by molar-refractivity contribution is 7.91. The van der Waals surface area contributed by atoms with Gasteiger partial charge in [-0.1, -0.05) is 18.6 Å². The van der Waals surface area contributed by atoms with E-state index in [1.54, 1.807) is 0 Å². The summed E-state index contributed by atoms with van der Waals surface area (Å²) >= 11 is 0. The first-order chi connectivity index (χ1) is 9.46. The standard InChI is InChI=1S/C16H27NO2S/c1-12-4-3-5-13(2)16(12)10-17(14-6-7-14)15-8-9-20(18,19)11-15/h4,13-16H,3,5-11H2,1-2H3. The van der Waals surface area contributed by atoms with Crippen LogP contribution in [0.25, 0.3) is 0 Å². The van der Waals surface area contributed by atoms with Crippen LogP contribution in [0.1, 0.15) is 46.0 Å². The van der Waals surface area contributed by atoms with Crippen molar-refractivity contribution >= 4 is 9.84 Å². The van der Waals surface area contributed by atoms with Gasteiger partial charge in [-0.2, -0.15) is 0 Å². The van der Waals surface area contributed by atoms with Crippen LogP contribution in [0.3, 0.4) is 0 Å². The summed E-state index contributed by atoms with van der Waals surface area (Å²) < 4.78 is 23.5. The second-order valence-electron chi connectivity index (χ2n) is 7.09. The molecule has 114 valence electrons. The number of hydrogen-bond donors (Lipinski definition) is 0. The minimum Gasteiger partial charge on any atom is -0.296 e. The Bertz CT molecular complexity index is 493. The zero-order valence-corrected chi connectivity index (χ0v) is 13.5. The molecule has 0 radical (unpaired) electrons. The minimum atomic E-state index is -2.77. The third-order valence-electron chi connectivity index (χ3n) is 5.46. The van der Waals surface area contributed by atoms with Crippen LogP contribution < -0.4 is 0 Å². The van der Waals surface area contributed by atoms with E-state index in [0.717, 1.165) is 18.9 Å². The van der Waals surface area contributed by atoms with Crippen LogP contribution in [0.4, 0.5) is 0 Å². The fraction of sp³-hybridized carbons (Fsp3) is 0.875. The van der Waals surface area contributed by atoms with Gasteiger partial charge in [0.25, 0.3) is 0 Å². The Hall–Kier alpha value is -0.350. The third-order valence-corrected chi connectivity index (χ3v) is 7.21. The highest BCUT2D eigenvalue weighted by Crippen LogP contribution is 2.37. The molecule has 2 aliphatic carbocycles. The molecule has 0 amide bonds. The Morgan fingerprint density at radius 2 is 1.95 bits per heavy atom. The summed E-state index contributed by atoms with van der Waals surface area (Å²) in [7, 11) is -2.77. The lowest BCUT2D eigenvalue weighted by Crippen LogP contribution is -2.43. The zero-order valence-electron chi connectivity index (χ0n) is 12.7. The van der Waals surface area contributed by atoms with Crippen molar-refractivity contribution in [1.82, 2.24) is 4.90 Å². The molecule has 1 saturated heterocycles. The molecule has 1 aliphatic heterocycles. The second kappa shape index (κ2) is 5.45. The fourth-order valence-corrected chi connectivity index (χ4v) is 5.71. The Morgan fingerprint density at radius 3 is 2.50 bits per heavy atom. The quantitative estimate of drug-likeness (QED) is 0.749. The molecule has 0 N–H and O–H groups in total. The monoisotopic (exact) mass is 297 g/mol. The van der Waals surface area contributed by atoms with E-state index >= 15 is 0 Å². The largest absolute Gasteiger partial charge is 0.296 e. The Morgan fingerprint density at radius 1 is 1.20 bits per heavy atom. The lowest BCUT2D eigenvalue weighted by atomic mass is 9.79. The topological polar surface area (TPSA) is 37.4 Å². The van der Waals surface area contributed by atoms with E-state index in [2.05, 4.69) is 24.8 Å². The number of allylic oxidation sites excluding steroid dienone is 1. The van der Waals surface area contributed by atoms with Gasteiger partial charge >= 0.3 is 0 Å². The molecule has 0 aromatic heterocycles. The lowest BCUT2D eigenvalue weighted by Gasteiger charge is -2.36. The molecule has 3 unspecified atom stereocenters. The first-order valence-corrected chi connectivity index (χ1v) is 9.91. The predicted molar refractivity (Wildman–Crippen MR) is 82.4 cm³/mol. The van der Waals surface area contributed by atoms with Crippen LogP contribution in [-0.2, 0) is 9.84 Å². The lowest BCUT2D eigenvalue weighted by molar-refractivity contribution is 0.155. The van der Waals surface area contributed by atoms with Gasteiger partial charge in [-0.25, -0.2) is 8.42 Å². The highest BCUT2D eigenvalue weighted by atomic mass is 32.2. The average molecular weight is 297 g/mol. The summed E-state index contributed by atoms with van der Waals surface area (Å²) in [5.41, 5.74) is 1.52.